The second-order valence-electron chi connectivity index (χ2n) is 9.70. The van der Waals surface area contributed by atoms with Gasteiger partial charge < -0.3 is 15.3 Å². The topological polar surface area (TPSA) is 111 Å². The number of hydrogen-bond acceptors (Lipinski definition) is 5. The minimum absolute atomic E-state index is 0.118. The highest BCUT2D eigenvalue weighted by Crippen LogP contribution is 2.37. The number of anilines is 1. The highest BCUT2D eigenvalue weighted by Gasteiger charge is 2.35. The van der Waals surface area contributed by atoms with Gasteiger partial charge in [0.25, 0.3) is 0 Å². The molecule has 2 aromatic rings. The second kappa shape index (κ2) is 8.30. The number of nitriles is 1. The summed E-state index contributed by atoms with van der Waals surface area (Å²) >= 11 is 0. The van der Waals surface area contributed by atoms with Crippen LogP contribution in [0, 0.1) is 29.6 Å². The van der Waals surface area contributed by atoms with E-state index in [0.29, 0.717) is 37.5 Å². The molecule has 8 nitrogen and oxygen atoms in total. The average molecular weight is 436 g/mol. The van der Waals surface area contributed by atoms with Crippen molar-refractivity contribution in [2.75, 3.05) is 25.0 Å². The first-order valence-electron chi connectivity index (χ1n) is 11.1. The number of carbonyl (C=O) groups is 2. The molecule has 1 aromatic heterocycles. The number of aromatic nitrogens is 2. The van der Waals surface area contributed by atoms with Gasteiger partial charge in [0, 0.05) is 26.1 Å². The minimum atomic E-state index is -0.865. The molecule has 2 N–H and O–H groups in total. The third-order valence-electron chi connectivity index (χ3n) is 6.55. The smallest absolute Gasteiger partial charge is 0.407 e. The predicted octanol–water partition coefficient (Wildman–Crippen LogP) is 4.01. The van der Waals surface area contributed by atoms with Crippen molar-refractivity contribution in [1.29, 1.82) is 5.26 Å². The number of ketones is 1. The molecular weight excluding hydrogens is 406 g/mol. The van der Waals surface area contributed by atoms with Crippen molar-refractivity contribution in [2.24, 2.45) is 11.3 Å². The van der Waals surface area contributed by atoms with E-state index in [2.05, 4.69) is 30.3 Å². The molecule has 0 unspecified atom stereocenters. The van der Waals surface area contributed by atoms with Gasteiger partial charge in [0.2, 0.25) is 0 Å². The molecular formula is C24H29N5O3. The van der Waals surface area contributed by atoms with E-state index >= 15 is 0 Å². The van der Waals surface area contributed by atoms with Crippen LogP contribution in [0.4, 0.5) is 10.5 Å². The normalized spacial score (nSPS) is 18.2. The number of carbonyl (C=O) groups excluding carboxylic acids is 1. The van der Waals surface area contributed by atoms with Crippen LogP contribution < -0.4 is 5.32 Å². The van der Waals surface area contributed by atoms with Crippen LogP contribution in [-0.4, -0.2) is 51.3 Å². The number of carboxylic acid groups (broad SMARTS) is 1. The van der Waals surface area contributed by atoms with Gasteiger partial charge >= 0.3 is 6.09 Å². The summed E-state index contributed by atoms with van der Waals surface area (Å²) < 4.78 is 1.85. The molecule has 168 valence electrons. The predicted molar refractivity (Wildman–Crippen MR) is 120 cm³/mol. The average Bonchev–Trinajstić information content (AvgIpc) is 3.07. The highest BCUT2D eigenvalue weighted by molar-refractivity contribution is 5.99. The van der Waals surface area contributed by atoms with E-state index in [4.69, 9.17) is 5.11 Å². The number of piperidine rings is 1. The Balaban J connectivity index is 1.58. The van der Waals surface area contributed by atoms with E-state index in [0.717, 1.165) is 47.6 Å². The Bertz CT molecular complexity index is 1100. The van der Waals surface area contributed by atoms with Crippen molar-refractivity contribution >= 4 is 17.6 Å². The standard InChI is InChI=1S/C24H29N5O3/c1-15-22-20(11-24(2,3)12-21(22)30)29(27-15)18-5-4-17(13-25)19(10-18)26-14-16-6-8-28(9-7-16)23(31)32/h4-5,10,16,26H,6-9,11-12,14H2,1-3H3,(H,31,32). The zero-order chi connectivity index (χ0) is 23.0. The van der Waals surface area contributed by atoms with Crippen LogP contribution >= 0.6 is 0 Å². The van der Waals surface area contributed by atoms with Crippen molar-refractivity contribution in [3.8, 4) is 11.8 Å². The molecule has 1 amide bonds. The largest absolute Gasteiger partial charge is 0.465 e. The number of nitrogens with zero attached hydrogens (tertiary/aromatic N) is 4. The van der Waals surface area contributed by atoms with Crippen LogP contribution in [0.2, 0.25) is 0 Å². The van der Waals surface area contributed by atoms with Gasteiger partial charge in [-0.15, -0.1) is 0 Å². The van der Waals surface area contributed by atoms with Crippen molar-refractivity contribution in [1.82, 2.24) is 14.7 Å². The van der Waals surface area contributed by atoms with Gasteiger partial charge in [-0.2, -0.15) is 10.4 Å². The molecule has 0 radical (unpaired) electrons. The zero-order valence-corrected chi connectivity index (χ0v) is 18.8. The van der Waals surface area contributed by atoms with Gasteiger partial charge in [0.1, 0.15) is 6.07 Å². The molecule has 2 aliphatic rings. The van der Waals surface area contributed by atoms with Crippen LogP contribution in [0.25, 0.3) is 5.69 Å². The van der Waals surface area contributed by atoms with Crippen LogP contribution in [0.15, 0.2) is 18.2 Å². The van der Waals surface area contributed by atoms with Crippen molar-refractivity contribution in [2.45, 2.75) is 46.5 Å². The summed E-state index contributed by atoms with van der Waals surface area (Å²) in [7, 11) is 0. The number of rotatable bonds is 4. The van der Waals surface area contributed by atoms with Crippen LogP contribution in [0.5, 0.6) is 0 Å². The van der Waals surface area contributed by atoms with Gasteiger partial charge in [-0.3, -0.25) is 4.79 Å². The third kappa shape index (κ3) is 4.20. The number of hydrogen-bond donors (Lipinski definition) is 2. The summed E-state index contributed by atoms with van der Waals surface area (Å²) in [4.78, 5) is 25.3. The Labute approximate surface area is 187 Å². The lowest BCUT2D eigenvalue weighted by atomic mass is 9.75. The van der Waals surface area contributed by atoms with Gasteiger partial charge in [-0.1, -0.05) is 13.8 Å². The number of Topliss-reactive ketones (excluding diaryl/α,β-unsaturated/α-hetero) is 1. The molecule has 1 fully saturated rings. The van der Waals surface area contributed by atoms with E-state index in [9.17, 15) is 14.9 Å². The number of aryl methyl sites for hydroxylation is 1. The van der Waals surface area contributed by atoms with E-state index in [1.54, 1.807) is 6.07 Å². The van der Waals surface area contributed by atoms with Crippen LogP contribution in [-0.2, 0) is 6.42 Å². The van der Waals surface area contributed by atoms with Crippen LogP contribution in [0.3, 0.4) is 0 Å². The maximum atomic E-state index is 12.7. The lowest BCUT2D eigenvalue weighted by molar-refractivity contribution is 0.0910. The van der Waals surface area contributed by atoms with Crippen molar-refractivity contribution < 1.29 is 14.7 Å². The number of fused-ring (bicyclic) bond motifs is 1. The second-order valence-corrected chi connectivity index (χ2v) is 9.70. The van der Waals surface area contributed by atoms with E-state index in [-0.39, 0.29) is 11.2 Å². The number of nitrogens with one attached hydrogen (secondary N) is 1. The van der Waals surface area contributed by atoms with Crippen molar-refractivity contribution in [3.63, 3.8) is 0 Å². The summed E-state index contributed by atoms with van der Waals surface area (Å²) in [5, 5.41) is 26.8. The molecule has 0 saturated carbocycles. The molecule has 1 aromatic carbocycles. The maximum absolute atomic E-state index is 12.7. The van der Waals surface area contributed by atoms with E-state index < -0.39 is 6.09 Å². The van der Waals surface area contributed by atoms with E-state index in [1.165, 1.54) is 4.90 Å². The summed E-state index contributed by atoms with van der Waals surface area (Å²) in [6.07, 6.45) is 2.01. The third-order valence-corrected chi connectivity index (χ3v) is 6.55. The van der Waals surface area contributed by atoms with E-state index in [1.807, 2.05) is 23.7 Å². The Morgan fingerprint density at radius 3 is 2.69 bits per heavy atom. The minimum Gasteiger partial charge on any atom is -0.465 e. The Kier molecular flexibility index (Phi) is 5.68. The van der Waals surface area contributed by atoms with Gasteiger partial charge in [0.05, 0.1) is 33.9 Å². The first-order valence-corrected chi connectivity index (χ1v) is 11.1. The molecule has 0 spiro atoms. The summed E-state index contributed by atoms with van der Waals surface area (Å²) in [6.45, 7) is 7.82. The van der Waals surface area contributed by atoms with Gasteiger partial charge in [-0.05, 0) is 55.7 Å². The van der Waals surface area contributed by atoms with Crippen LogP contribution in [0.1, 0.15) is 60.4 Å². The van der Waals surface area contributed by atoms with Gasteiger partial charge in [0.15, 0.2) is 5.78 Å². The number of likely N-dealkylation sites (tertiary alicyclic amines) is 1. The SMILES string of the molecule is Cc1nn(-c2ccc(C#N)c(NCC3CCN(C(=O)O)CC3)c2)c2c1C(=O)CC(C)(C)C2. The summed E-state index contributed by atoms with van der Waals surface area (Å²) in [6, 6.07) is 7.81. The molecule has 1 aliphatic carbocycles. The molecule has 8 heteroatoms. The lowest BCUT2D eigenvalue weighted by Crippen LogP contribution is -2.39. The molecule has 1 saturated heterocycles. The lowest BCUT2D eigenvalue weighted by Gasteiger charge is -2.30. The molecule has 2 heterocycles. The fourth-order valence-corrected chi connectivity index (χ4v) is 4.84. The Hall–Kier alpha value is -3.34. The fourth-order valence-electron chi connectivity index (χ4n) is 4.84. The number of benzene rings is 1. The molecule has 32 heavy (non-hydrogen) atoms. The summed E-state index contributed by atoms with van der Waals surface area (Å²) in [5.41, 5.74) is 4.38. The Morgan fingerprint density at radius 1 is 1.31 bits per heavy atom. The van der Waals surface area contributed by atoms with Crippen molar-refractivity contribution in [3.05, 3.63) is 40.7 Å². The first-order chi connectivity index (χ1) is 15.2. The quantitative estimate of drug-likeness (QED) is 0.751. The first kappa shape index (κ1) is 21.9. The zero-order valence-electron chi connectivity index (χ0n) is 18.8. The maximum Gasteiger partial charge on any atom is 0.407 e. The fraction of sp³-hybridized carbons (Fsp3) is 0.500. The number of amides is 1. The molecule has 0 atom stereocenters. The monoisotopic (exact) mass is 435 g/mol. The Morgan fingerprint density at radius 2 is 2.03 bits per heavy atom. The summed E-state index contributed by atoms with van der Waals surface area (Å²) in [5.74, 6) is 0.485. The van der Waals surface area contributed by atoms with Gasteiger partial charge in [-0.25, -0.2) is 9.48 Å². The molecule has 1 aliphatic heterocycles. The molecule has 4 rings (SSSR count). The highest BCUT2D eigenvalue weighted by atomic mass is 16.4. The molecule has 0 bridgehead atoms.